The summed E-state index contributed by atoms with van der Waals surface area (Å²) in [7, 11) is 0. The van der Waals surface area contributed by atoms with Crippen LogP contribution in [-0.4, -0.2) is 16.3 Å². The van der Waals surface area contributed by atoms with Gasteiger partial charge in [-0.3, -0.25) is 10.1 Å². The van der Waals surface area contributed by atoms with Crippen molar-refractivity contribution in [3.05, 3.63) is 25.6 Å². The summed E-state index contributed by atoms with van der Waals surface area (Å²) in [6.07, 6.45) is -4.99. The lowest BCUT2D eigenvalue weighted by molar-refractivity contribution is -0.390. The van der Waals surface area contributed by atoms with Crippen LogP contribution in [0.15, 0.2) is 6.07 Å². The van der Waals surface area contributed by atoms with Crippen molar-refractivity contribution in [3.63, 3.8) is 0 Å². The quantitative estimate of drug-likeness (QED) is 0.244. The number of nitro groups is 1. The molecule has 1 aromatic heterocycles. The summed E-state index contributed by atoms with van der Waals surface area (Å²) >= 11 is 4.48. The van der Waals surface area contributed by atoms with Crippen molar-refractivity contribution in [2.24, 2.45) is 0 Å². The molecule has 0 amide bonds. The molecule has 0 N–H and O–H groups in total. The van der Waals surface area contributed by atoms with Gasteiger partial charge < -0.3 is 4.74 Å². The van der Waals surface area contributed by atoms with Crippen LogP contribution in [0.5, 0.6) is 5.75 Å². The molecule has 0 spiro atoms. The number of pyridine rings is 1. The third-order valence-corrected chi connectivity index (χ3v) is 2.84. The highest BCUT2D eigenvalue weighted by atomic mass is 127. The number of alkyl halides is 4. The van der Waals surface area contributed by atoms with Crippen LogP contribution in [0.25, 0.3) is 0 Å². The fourth-order valence-electron chi connectivity index (χ4n) is 0.969. The van der Waals surface area contributed by atoms with Gasteiger partial charge >= 0.3 is 12.0 Å². The van der Waals surface area contributed by atoms with E-state index in [4.69, 9.17) is 0 Å². The first-order valence-corrected chi connectivity index (χ1v) is 6.10. The van der Waals surface area contributed by atoms with Crippen LogP contribution in [0, 0.1) is 13.8 Å². The van der Waals surface area contributed by atoms with E-state index in [-0.39, 0.29) is 14.7 Å². The molecule has 0 fully saturated rings. The molecule has 17 heavy (non-hydrogen) atoms. The number of halogens is 5. The van der Waals surface area contributed by atoms with E-state index in [9.17, 15) is 23.3 Å². The minimum atomic E-state index is -4.99. The normalized spacial score (nSPS) is 11.4. The maximum atomic E-state index is 12.1. The minimum absolute atomic E-state index is 0.162. The molecular formula is C7H3BrF3IN2O3. The molecule has 0 saturated carbocycles. The largest absolute Gasteiger partial charge is 0.573 e. The van der Waals surface area contributed by atoms with E-state index in [1.807, 2.05) is 0 Å². The van der Waals surface area contributed by atoms with Crippen LogP contribution in [0.3, 0.4) is 0 Å². The Morgan fingerprint density at radius 3 is 2.59 bits per heavy atom. The van der Waals surface area contributed by atoms with Crippen LogP contribution in [0.1, 0.15) is 5.69 Å². The van der Waals surface area contributed by atoms with Gasteiger partial charge in [0.15, 0.2) is 3.70 Å². The average Bonchev–Trinajstić information content (AvgIpc) is 2.13. The van der Waals surface area contributed by atoms with E-state index in [1.54, 1.807) is 0 Å². The third-order valence-electron chi connectivity index (χ3n) is 1.51. The molecule has 1 heterocycles. The Balaban J connectivity index is 3.32. The predicted molar refractivity (Wildman–Crippen MR) is 62.9 cm³/mol. The van der Waals surface area contributed by atoms with E-state index in [1.165, 1.54) is 22.6 Å². The van der Waals surface area contributed by atoms with Gasteiger partial charge in [0.1, 0.15) is 0 Å². The summed E-state index contributed by atoms with van der Waals surface area (Å²) in [4.78, 5) is 13.4. The summed E-state index contributed by atoms with van der Waals surface area (Å²) in [5.74, 6) is -0.864. The molecule has 0 unspecified atom stereocenters. The number of hydrogen-bond donors (Lipinski definition) is 0. The van der Waals surface area contributed by atoms with Crippen LogP contribution < -0.4 is 4.74 Å². The maximum absolute atomic E-state index is 12.1. The number of ether oxygens (including phenoxy) is 1. The molecule has 0 aliphatic heterocycles. The molecule has 1 rings (SSSR count). The third kappa shape index (κ3) is 3.94. The lowest BCUT2D eigenvalue weighted by Crippen LogP contribution is -2.18. The van der Waals surface area contributed by atoms with Gasteiger partial charge in [-0.15, -0.1) is 13.2 Å². The Hall–Kier alpha value is -0.650. The zero-order valence-electron chi connectivity index (χ0n) is 7.79. The molecule has 94 valence electrons. The molecule has 0 saturated heterocycles. The van der Waals surface area contributed by atoms with Crippen molar-refractivity contribution in [3.8, 4) is 5.75 Å². The zero-order valence-corrected chi connectivity index (χ0v) is 11.5. The lowest BCUT2D eigenvalue weighted by atomic mass is 10.3. The van der Waals surface area contributed by atoms with Crippen LogP contribution in [0.4, 0.5) is 18.9 Å². The molecule has 0 aliphatic rings. The highest BCUT2D eigenvalue weighted by Crippen LogP contribution is 2.35. The molecule has 5 nitrogen and oxygen atoms in total. The summed E-state index contributed by atoms with van der Waals surface area (Å²) in [5, 5.41) is 10.8. The Bertz CT molecular complexity index is 455. The molecule has 10 heteroatoms. The number of hydrogen-bond acceptors (Lipinski definition) is 4. The second-order valence-corrected chi connectivity index (χ2v) is 4.27. The molecule has 0 atom stereocenters. The number of nitrogens with zero attached hydrogens (tertiary/aromatic N) is 2. The summed E-state index contributed by atoms with van der Waals surface area (Å²) in [6, 6.07) is 0.878. The second-order valence-electron chi connectivity index (χ2n) is 2.69. The van der Waals surface area contributed by atoms with Gasteiger partial charge in [-0.05, 0) is 22.6 Å². The van der Waals surface area contributed by atoms with Crippen LogP contribution >= 0.6 is 38.5 Å². The van der Waals surface area contributed by atoms with Crippen molar-refractivity contribution < 1.29 is 22.8 Å². The fraction of sp³-hybridized carbons (Fsp3) is 0.286. The molecule has 0 radical (unpaired) electrons. The first-order valence-electron chi connectivity index (χ1n) is 3.90. The Labute approximate surface area is 115 Å². The van der Waals surface area contributed by atoms with Gasteiger partial charge in [0.05, 0.1) is 10.6 Å². The van der Waals surface area contributed by atoms with E-state index < -0.39 is 22.7 Å². The Morgan fingerprint density at radius 2 is 2.18 bits per heavy atom. The molecular weight excluding hydrogens is 424 g/mol. The Kier molecular flexibility index (Phi) is 4.52. The molecule has 1 aromatic rings. The average molecular weight is 427 g/mol. The van der Waals surface area contributed by atoms with E-state index in [0.717, 1.165) is 6.07 Å². The number of rotatable bonds is 3. The van der Waals surface area contributed by atoms with E-state index in [2.05, 4.69) is 25.7 Å². The van der Waals surface area contributed by atoms with Crippen molar-refractivity contribution in [1.29, 1.82) is 0 Å². The smallest absolute Gasteiger partial charge is 0.398 e. The monoisotopic (exact) mass is 426 g/mol. The van der Waals surface area contributed by atoms with Crippen molar-refractivity contribution in [2.45, 2.75) is 11.7 Å². The minimum Gasteiger partial charge on any atom is -0.398 e. The highest BCUT2D eigenvalue weighted by Gasteiger charge is 2.36. The Morgan fingerprint density at radius 1 is 1.59 bits per heavy atom. The maximum Gasteiger partial charge on any atom is 0.573 e. The second kappa shape index (κ2) is 5.33. The van der Waals surface area contributed by atoms with Gasteiger partial charge in [-0.2, -0.15) is 0 Å². The fourth-order valence-corrected chi connectivity index (χ4v) is 2.03. The van der Waals surface area contributed by atoms with Crippen molar-refractivity contribution in [2.75, 3.05) is 0 Å². The van der Waals surface area contributed by atoms with Gasteiger partial charge in [-0.25, -0.2) is 4.98 Å². The predicted octanol–water partition coefficient (Wildman–Crippen LogP) is 3.39. The number of aromatic nitrogens is 1. The van der Waals surface area contributed by atoms with Crippen molar-refractivity contribution in [1.82, 2.24) is 4.98 Å². The zero-order chi connectivity index (χ0) is 13.2. The van der Waals surface area contributed by atoms with Gasteiger partial charge in [-0.1, -0.05) is 15.9 Å². The lowest BCUT2D eigenvalue weighted by Gasteiger charge is -2.10. The summed E-state index contributed by atoms with van der Waals surface area (Å²) < 4.78 is 39.7. The van der Waals surface area contributed by atoms with E-state index in [0.29, 0.717) is 0 Å². The molecule has 0 bridgehead atoms. The SMILES string of the molecule is O=[N+]([O-])c1c(OC(F)(F)F)cc(CBr)nc1I. The summed E-state index contributed by atoms with van der Waals surface area (Å²) in [5.41, 5.74) is -0.591. The first kappa shape index (κ1) is 14.4. The highest BCUT2D eigenvalue weighted by molar-refractivity contribution is 14.1. The standard InChI is InChI=1S/C7H3BrF3IN2O3/c8-2-3-1-4(17-7(9,10)11)5(14(15)16)6(12)13-3/h1H,2H2. The first-order chi connectivity index (χ1) is 7.74. The molecule has 0 aromatic carbocycles. The van der Waals surface area contributed by atoms with Gasteiger partial charge in [0.2, 0.25) is 5.75 Å². The summed E-state index contributed by atoms with van der Waals surface area (Å²) in [6.45, 7) is 0. The van der Waals surface area contributed by atoms with Crippen LogP contribution in [0.2, 0.25) is 0 Å². The van der Waals surface area contributed by atoms with Gasteiger partial charge in [0, 0.05) is 11.4 Å². The topological polar surface area (TPSA) is 65.3 Å². The van der Waals surface area contributed by atoms with Gasteiger partial charge in [0.25, 0.3) is 0 Å². The van der Waals surface area contributed by atoms with Crippen LogP contribution in [-0.2, 0) is 5.33 Å². The molecule has 0 aliphatic carbocycles. The van der Waals surface area contributed by atoms with E-state index >= 15 is 0 Å². The van der Waals surface area contributed by atoms with Crippen molar-refractivity contribution >= 4 is 44.2 Å².